The van der Waals surface area contributed by atoms with E-state index in [9.17, 15) is 4.79 Å². The first-order valence-electron chi connectivity index (χ1n) is 6.32. The van der Waals surface area contributed by atoms with E-state index in [2.05, 4.69) is 9.55 Å². The molecular formula is C16H14N2O2. The van der Waals surface area contributed by atoms with E-state index in [1.807, 2.05) is 49.5 Å². The highest BCUT2D eigenvalue weighted by atomic mass is 16.5. The molecule has 0 saturated carbocycles. The van der Waals surface area contributed by atoms with Crippen molar-refractivity contribution in [3.8, 4) is 22.7 Å². The summed E-state index contributed by atoms with van der Waals surface area (Å²) in [5.41, 5.74) is 3.57. The SMILES string of the molecule is COc1ccc(-n2ccc3nc(=O)ccc-3c2C)cc1. The Balaban J connectivity index is 2.16. The van der Waals surface area contributed by atoms with E-state index in [1.54, 1.807) is 7.11 Å². The van der Waals surface area contributed by atoms with Crippen LogP contribution in [0.1, 0.15) is 5.69 Å². The Morgan fingerprint density at radius 1 is 1.05 bits per heavy atom. The Hall–Kier alpha value is -2.62. The van der Waals surface area contributed by atoms with Crippen LogP contribution >= 0.6 is 0 Å². The van der Waals surface area contributed by atoms with Crippen LogP contribution in [0.25, 0.3) is 16.9 Å². The molecule has 2 heterocycles. The average Bonchev–Trinajstić information content (AvgIpc) is 2.48. The van der Waals surface area contributed by atoms with Crippen molar-refractivity contribution in [1.82, 2.24) is 9.55 Å². The molecule has 0 aromatic heterocycles. The van der Waals surface area contributed by atoms with E-state index in [1.165, 1.54) is 6.07 Å². The van der Waals surface area contributed by atoms with Crippen LogP contribution in [0, 0.1) is 6.92 Å². The lowest BCUT2D eigenvalue weighted by molar-refractivity contribution is 0.414. The molecule has 0 fully saturated rings. The first-order chi connectivity index (χ1) is 9.69. The summed E-state index contributed by atoms with van der Waals surface area (Å²) in [4.78, 5) is 15.3. The number of hydrogen-bond acceptors (Lipinski definition) is 3. The molecule has 1 aromatic rings. The number of rotatable bonds is 2. The van der Waals surface area contributed by atoms with Crippen molar-refractivity contribution in [2.75, 3.05) is 7.11 Å². The number of benzene rings is 1. The van der Waals surface area contributed by atoms with Crippen LogP contribution in [0.15, 0.2) is 53.5 Å². The Morgan fingerprint density at radius 3 is 2.50 bits per heavy atom. The largest absolute Gasteiger partial charge is 0.497 e. The van der Waals surface area contributed by atoms with Crippen molar-refractivity contribution >= 4 is 0 Å². The van der Waals surface area contributed by atoms with Gasteiger partial charge in [-0.05, 0) is 43.3 Å². The molecule has 0 saturated heterocycles. The van der Waals surface area contributed by atoms with Gasteiger partial charge in [0.2, 0.25) is 0 Å². The lowest BCUT2D eigenvalue weighted by atomic mass is 10.1. The summed E-state index contributed by atoms with van der Waals surface area (Å²) in [6.45, 7) is 2.01. The van der Waals surface area contributed by atoms with E-state index in [-0.39, 0.29) is 5.56 Å². The molecule has 3 rings (SSSR count). The summed E-state index contributed by atoms with van der Waals surface area (Å²) in [5, 5.41) is 0. The summed E-state index contributed by atoms with van der Waals surface area (Å²) in [7, 11) is 1.65. The summed E-state index contributed by atoms with van der Waals surface area (Å²) < 4.78 is 7.23. The fourth-order valence-corrected chi connectivity index (χ4v) is 2.30. The van der Waals surface area contributed by atoms with Crippen molar-refractivity contribution < 1.29 is 4.74 Å². The molecule has 0 aliphatic carbocycles. The van der Waals surface area contributed by atoms with E-state index in [0.717, 1.165) is 28.4 Å². The third-order valence-corrected chi connectivity index (χ3v) is 3.38. The average molecular weight is 266 g/mol. The third-order valence-electron chi connectivity index (χ3n) is 3.38. The molecule has 0 N–H and O–H groups in total. The maximum absolute atomic E-state index is 11.3. The normalized spacial score (nSPS) is 10.7. The van der Waals surface area contributed by atoms with E-state index < -0.39 is 0 Å². The van der Waals surface area contributed by atoms with Gasteiger partial charge in [-0.25, -0.2) is 4.98 Å². The molecule has 100 valence electrons. The standard InChI is InChI=1S/C16H14N2O2/c1-11-14-7-8-16(19)17-15(14)9-10-18(11)12-3-5-13(20-2)6-4-12/h3-10H,1-2H3. The number of nitrogens with zero attached hydrogens (tertiary/aromatic N) is 2. The van der Waals surface area contributed by atoms with E-state index in [4.69, 9.17) is 4.74 Å². The molecule has 2 aliphatic heterocycles. The van der Waals surface area contributed by atoms with E-state index >= 15 is 0 Å². The molecule has 20 heavy (non-hydrogen) atoms. The van der Waals surface area contributed by atoms with Gasteiger partial charge in [0, 0.05) is 29.2 Å². The van der Waals surface area contributed by atoms with Crippen molar-refractivity contribution in [2.24, 2.45) is 0 Å². The van der Waals surface area contributed by atoms with Crippen molar-refractivity contribution in [2.45, 2.75) is 6.92 Å². The first kappa shape index (κ1) is 12.4. The molecule has 0 bridgehead atoms. The fourth-order valence-electron chi connectivity index (χ4n) is 2.30. The molecule has 0 radical (unpaired) electrons. The second-order valence-electron chi connectivity index (χ2n) is 4.55. The minimum absolute atomic E-state index is 0.209. The number of pyridine rings is 2. The van der Waals surface area contributed by atoms with Gasteiger partial charge in [0.15, 0.2) is 0 Å². The van der Waals surface area contributed by atoms with Gasteiger partial charge < -0.3 is 9.30 Å². The smallest absolute Gasteiger partial charge is 0.270 e. The molecular weight excluding hydrogens is 252 g/mol. The molecule has 0 spiro atoms. The second kappa shape index (κ2) is 4.81. The number of hydrogen-bond donors (Lipinski definition) is 0. The van der Waals surface area contributed by atoms with Crippen LogP contribution in [0.4, 0.5) is 0 Å². The van der Waals surface area contributed by atoms with Gasteiger partial charge in [-0.2, -0.15) is 0 Å². The Labute approximate surface area is 116 Å². The van der Waals surface area contributed by atoms with E-state index in [0.29, 0.717) is 0 Å². The number of ether oxygens (including phenoxy) is 1. The number of fused-ring (bicyclic) bond motifs is 1. The maximum atomic E-state index is 11.3. The molecule has 4 nitrogen and oxygen atoms in total. The summed E-state index contributed by atoms with van der Waals surface area (Å²) >= 11 is 0. The van der Waals surface area contributed by atoms with Crippen molar-refractivity contribution in [3.63, 3.8) is 0 Å². The minimum atomic E-state index is -0.209. The monoisotopic (exact) mass is 266 g/mol. The highest BCUT2D eigenvalue weighted by molar-refractivity contribution is 5.63. The van der Waals surface area contributed by atoms with Gasteiger partial charge in [-0.15, -0.1) is 0 Å². The first-order valence-corrected chi connectivity index (χ1v) is 6.32. The molecule has 0 amide bonds. The topological polar surface area (TPSA) is 44.1 Å². The molecule has 0 atom stereocenters. The molecule has 2 aliphatic rings. The van der Waals surface area contributed by atoms with Crippen LogP contribution in [0.3, 0.4) is 0 Å². The van der Waals surface area contributed by atoms with Gasteiger partial charge in [-0.3, -0.25) is 4.79 Å². The summed E-state index contributed by atoms with van der Waals surface area (Å²) in [5.74, 6) is 0.824. The van der Waals surface area contributed by atoms with Crippen molar-refractivity contribution in [1.29, 1.82) is 0 Å². The van der Waals surface area contributed by atoms with Crippen LogP contribution in [0.5, 0.6) is 5.75 Å². The van der Waals surface area contributed by atoms with Crippen molar-refractivity contribution in [3.05, 3.63) is 64.7 Å². The Kier molecular flexibility index (Phi) is 2.99. The Bertz CT molecular complexity index is 775. The number of aromatic nitrogens is 2. The van der Waals surface area contributed by atoms with Crippen LogP contribution in [0.2, 0.25) is 0 Å². The predicted octanol–water partition coefficient (Wildman–Crippen LogP) is 2.65. The second-order valence-corrected chi connectivity index (χ2v) is 4.55. The predicted molar refractivity (Wildman–Crippen MR) is 77.7 cm³/mol. The van der Waals surface area contributed by atoms with Crippen LogP contribution in [-0.2, 0) is 0 Å². The minimum Gasteiger partial charge on any atom is -0.497 e. The van der Waals surface area contributed by atoms with Crippen LogP contribution < -0.4 is 10.3 Å². The Morgan fingerprint density at radius 2 is 1.80 bits per heavy atom. The summed E-state index contributed by atoms with van der Waals surface area (Å²) in [6, 6.07) is 13.0. The van der Waals surface area contributed by atoms with Crippen LogP contribution in [-0.4, -0.2) is 16.7 Å². The van der Waals surface area contributed by atoms with Gasteiger partial charge in [0.1, 0.15) is 5.75 Å². The zero-order valence-corrected chi connectivity index (χ0v) is 11.3. The van der Waals surface area contributed by atoms with Gasteiger partial charge in [-0.1, -0.05) is 0 Å². The lowest BCUT2D eigenvalue weighted by Gasteiger charge is -2.16. The maximum Gasteiger partial charge on any atom is 0.270 e. The lowest BCUT2D eigenvalue weighted by Crippen LogP contribution is -2.09. The third kappa shape index (κ3) is 2.05. The fraction of sp³-hybridized carbons (Fsp3) is 0.125. The van der Waals surface area contributed by atoms with Gasteiger partial charge in [0.05, 0.1) is 12.8 Å². The zero-order valence-electron chi connectivity index (χ0n) is 11.3. The molecule has 4 heteroatoms. The zero-order chi connectivity index (χ0) is 14.1. The molecule has 1 aromatic carbocycles. The van der Waals surface area contributed by atoms with Gasteiger partial charge in [0.25, 0.3) is 5.56 Å². The highest BCUT2D eigenvalue weighted by Gasteiger charge is 2.10. The summed E-state index contributed by atoms with van der Waals surface area (Å²) in [6.07, 6.45) is 1.92. The number of methoxy groups -OCH3 is 1. The molecule has 0 unspecified atom stereocenters. The van der Waals surface area contributed by atoms with Gasteiger partial charge >= 0.3 is 0 Å². The highest BCUT2D eigenvalue weighted by Crippen LogP contribution is 2.25. The quantitative estimate of drug-likeness (QED) is 0.716.